The average molecular weight is 332 g/mol. The summed E-state index contributed by atoms with van der Waals surface area (Å²) in [5, 5.41) is 2.96. The van der Waals surface area contributed by atoms with Gasteiger partial charge in [-0.15, -0.1) is 11.8 Å². The third-order valence-electron chi connectivity index (χ3n) is 4.25. The minimum Gasteiger partial charge on any atom is -0.354 e. The Balaban J connectivity index is 1.66. The van der Waals surface area contributed by atoms with E-state index in [9.17, 15) is 14.4 Å². The van der Waals surface area contributed by atoms with Crippen LogP contribution in [-0.4, -0.2) is 46.7 Å². The van der Waals surface area contributed by atoms with Crippen LogP contribution >= 0.6 is 11.8 Å². The molecule has 6 heteroatoms. The van der Waals surface area contributed by atoms with E-state index in [0.29, 0.717) is 28.7 Å². The largest absolute Gasteiger partial charge is 0.354 e. The number of nitrogens with zero attached hydrogens (tertiary/aromatic N) is 1. The molecule has 1 unspecified atom stereocenters. The highest BCUT2D eigenvalue weighted by Gasteiger charge is 2.35. The molecule has 1 aliphatic heterocycles. The number of Topliss-reactive ketones (excluding diaryl/α,β-unsaturated/α-hetero) is 1. The highest BCUT2D eigenvalue weighted by molar-refractivity contribution is 7.99. The molecule has 23 heavy (non-hydrogen) atoms. The first kappa shape index (κ1) is 16.1. The lowest BCUT2D eigenvalue weighted by molar-refractivity contribution is -0.124. The topological polar surface area (TPSA) is 66.5 Å². The van der Waals surface area contributed by atoms with Crippen LogP contribution in [0.5, 0.6) is 0 Å². The van der Waals surface area contributed by atoms with Crippen molar-refractivity contribution in [2.75, 3.05) is 18.2 Å². The van der Waals surface area contributed by atoms with Gasteiger partial charge in [0.25, 0.3) is 5.91 Å². The van der Waals surface area contributed by atoms with E-state index in [1.807, 2.05) is 0 Å². The van der Waals surface area contributed by atoms with E-state index >= 15 is 0 Å². The minimum atomic E-state index is -0.404. The van der Waals surface area contributed by atoms with Crippen molar-refractivity contribution < 1.29 is 14.4 Å². The molecule has 3 rings (SSSR count). The van der Waals surface area contributed by atoms with Crippen LogP contribution in [0.3, 0.4) is 0 Å². The van der Waals surface area contributed by atoms with Gasteiger partial charge in [-0.1, -0.05) is 12.1 Å². The van der Waals surface area contributed by atoms with E-state index in [2.05, 4.69) is 5.32 Å². The maximum atomic E-state index is 12.6. The first-order valence-electron chi connectivity index (χ1n) is 7.83. The molecule has 1 aliphatic carbocycles. The Hall–Kier alpha value is -1.82. The zero-order valence-corrected chi connectivity index (χ0v) is 13.9. The number of thioether (sulfide) groups is 1. The van der Waals surface area contributed by atoms with E-state index < -0.39 is 6.04 Å². The number of hydrogen-bond acceptors (Lipinski definition) is 4. The van der Waals surface area contributed by atoms with Crippen LogP contribution in [0.25, 0.3) is 0 Å². The molecule has 1 saturated heterocycles. The summed E-state index contributed by atoms with van der Waals surface area (Å²) in [6, 6.07) is 6.21. The molecule has 1 aromatic rings. The van der Waals surface area contributed by atoms with Crippen LogP contribution < -0.4 is 5.32 Å². The SMILES string of the molecule is CC(=O)c1ccc(C(=O)N2CSCC2C(=O)NCC2CC2)cc1. The Morgan fingerprint density at radius 3 is 2.43 bits per heavy atom. The maximum Gasteiger partial charge on any atom is 0.255 e. The van der Waals surface area contributed by atoms with Gasteiger partial charge in [0.2, 0.25) is 5.91 Å². The van der Waals surface area contributed by atoms with Crippen LogP contribution in [0.4, 0.5) is 0 Å². The molecular formula is C17H20N2O3S. The van der Waals surface area contributed by atoms with Crippen LogP contribution in [-0.2, 0) is 4.79 Å². The summed E-state index contributed by atoms with van der Waals surface area (Å²) in [6.45, 7) is 2.21. The molecule has 1 saturated carbocycles. The van der Waals surface area contributed by atoms with Gasteiger partial charge in [-0.2, -0.15) is 0 Å². The lowest BCUT2D eigenvalue weighted by Gasteiger charge is -2.23. The van der Waals surface area contributed by atoms with Gasteiger partial charge in [-0.3, -0.25) is 14.4 Å². The maximum absolute atomic E-state index is 12.6. The van der Waals surface area contributed by atoms with E-state index in [1.54, 1.807) is 40.9 Å². The summed E-state index contributed by atoms with van der Waals surface area (Å²) in [5.74, 6) is 1.53. The Bertz CT molecular complexity index is 625. The van der Waals surface area contributed by atoms with Crippen LogP contribution in [0.2, 0.25) is 0 Å². The second kappa shape index (κ2) is 6.74. The summed E-state index contributed by atoms with van der Waals surface area (Å²) in [7, 11) is 0. The Morgan fingerprint density at radius 1 is 1.17 bits per heavy atom. The third kappa shape index (κ3) is 3.75. The molecule has 1 atom stereocenters. The van der Waals surface area contributed by atoms with Crippen molar-refractivity contribution in [2.45, 2.75) is 25.8 Å². The van der Waals surface area contributed by atoms with Crippen molar-refractivity contribution in [3.8, 4) is 0 Å². The lowest BCUT2D eigenvalue weighted by Crippen LogP contribution is -2.47. The van der Waals surface area contributed by atoms with Crippen molar-refractivity contribution in [1.82, 2.24) is 10.2 Å². The number of nitrogens with one attached hydrogen (secondary N) is 1. The predicted molar refractivity (Wildman–Crippen MR) is 89.5 cm³/mol. The molecule has 2 fully saturated rings. The number of hydrogen-bond donors (Lipinski definition) is 1. The van der Waals surface area contributed by atoms with Crippen LogP contribution in [0.15, 0.2) is 24.3 Å². The fraction of sp³-hybridized carbons (Fsp3) is 0.471. The number of ketones is 1. The van der Waals surface area contributed by atoms with E-state index in [0.717, 1.165) is 6.54 Å². The summed E-state index contributed by atoms with van der Waals surface area (Å²) in [6.07, 6.45) is 2.37. The lowest BCUT2D eigenvalue weighted by atomic mass is 10.1. The van der Waals surface area contributed by atoms with Gasteiger partial charge in [0.1, 0.15) is 6.04 Å². The Kier molecular flexibility index (Phi) is 4.71. The molecule has 1 aromatic carbocycles. The molecule has 0 aromatic heterocycles. The van der Waals surface area contributed by atoms with Crippen LogP contribution in [0, 0.1) is 5.92 Å². The second-order valence-corrected chi connectivity index (χ2v) is 7.11. The number of benzene rings is 1. The van der Waals surface area contributed by atoms with Crippen molar-refractivity contribution in [3.05, 3.63) is 35.4 Å². The van der Waals surface area contributed by atoms with Crippen molar-refractivity contribution >= 4 is 29.4 Å². The van der Waals surface area contributed by atoms with Gasteiger partial charge in [0.05, 0.1) is 5.88 Å². The number of rotatable bonds is 5. The van der Waals surface area contributed by atoms with Gasteiger partial charge >= 0.3 is 0 Å². The summed E-state index contributed by atoms with van der Waals surface area (Å²) in [4.78, 5) is 37.9. The first-order valence-corrected chi connectivity index (χ1v) is 8.99. The number of carbonyl (C=O) groups is 3. The second-order valence-electron chi connectivity index (χ2n) is 6.11. The molecule has 5 nitrogen and oxygen atoms in total. The molecule has 0 spiro atoms. The number of amides is 2. The normalized spacial score (nSPS) is 20.4. The molecule has 1 N–H and O–H groups in total. The van der Waals surface area contributed by atoms with E-state index in [4.69, 9.17) is 0 Å². The fourth-order valence-electron chi connectivity index (χ4n) is 2.56. The standard InChI is InChI=1S/C17H20N2O3S/c1-11(20)13-4-6-14(7-5-13)17(22)19-10-23-9-15(19)16(21)18-8-12-2-3-12/h4-7,12,15H,2-3,8-10H2,1H3,(H,18,21). The molecule has 0 radical (unpaired) electrons. The van der Waals surface area contributed by atoms with Gasteiger partial charge in [0, 0.05) is 23.4 Å². The molecule has 0 bridgehead atoms. The predicted octanol–water partition coefficient (Wildman–Crippen LogP) is 1.93. The zero-order chi connectivity index (χ0) is 16.4. The molecule has 2 amide bonds. The monoisotopic (exact) mass is 332 g/mol. The van der Waals surface area contributed by atoms with Gasteiger partial charge < -0.3 is 10.2 Å². The summed E-state index contributed by atoms with van der Waals surface area (Å²) >= 11 is 1.59. The molecule has 2 aliphatic rings. The van der Waals surface area contributed by atoms with Crippen LogP contribution in [0.1, 0.15) is 40.5 Å². The van der Waals surface area contributed by atoms with E-state index in [-0.39, 0.29) is 17.6 Å². The molecular weight excluding hydrogens is 312 g/mol. The van der Waals surface area contributed by atoms with Gasteiger partial charge in [-0.25, -0.2) is 0 Å². The first-order chi connectivity index (χ1) is 11.1. The van der Waals surface area contributed by atoms with Crippen molar-refractivity contribution in [3.63, 3.8) is 0 Å². The molecule has 1 heterocycles. The molecule has 122 valence electrons. The van der Waals surface area contributed by atoms with Crippen molar-refractivity contribution in [2.24, 2.45) is 5.92 Å². The van der Waals surface area contributed by atoms with E-state index in [1.165, 1.54) is 19.8 Å². The van der Waals surface area contributed by atoms with Gasteiger partial charge in [0.15, 0.2) is 5.78 Å². The third-order valence-corrected chi connectivity index (χ3v) is 5.26. The quantitative estimate of drug-likeness (QED) is 0.837. The van der Waals surface area contributed by atoms with Gasteiger partial charge in [-0.05, 0) is 37.8 Å². The summed E-state index contributed by atoms with van der Waals surface area (Å²) < 4.78 is 0. The smallest absolute Gasteiger partial charge is 0.255 e. The highest BCUT2D eigenvalue weighted by Crippen LogP contribution is 2.28. The fourth-order valence-corrected chi connectivity index (χ4v) is 3.71. The summed E-state index contributed by atoms with van der Waals surface area (Å²) in [5.41, 5.74) is 1.09. The average Bonchev–Trinajstić information content (AvgIpc) is 3.26. The highest BCUT2D eigenvalue weighted by atomic mass is 32.2. The minimum absolute atomic E-state index is 0.0296. The number of carbonyl (C=O) groups excluding carboxylic acids is 3. The zero-order valence-electron chi connectivity index (χ0n) is 13.1. The Morgan fingerprint density at radius 2 is 1.83 bits per heavy atom. The van der Waals surface area contributed by atoms with Crippen molar-refractivity contribution in [1.29, 1.82) is 0 Å². The Labute approximate surface area is 139 Å².